The van der Waals surface area contributed by atoms with Gasteiger partial charge in [-0.15, -0.1) is 11.6 Å². The van der Waals surface area contributed by atoms with E-state index in [4.69, 9.17) is 16.6 Å². The highest BCUT2D eigenvalue weighted by Gasteiger charge is 2.19. The van der Waals surface area contributed by atoms with Gasteiger partial charge < -0.3 is 4.90 Å². The molecule has 3 heteroatoms. The summed E-state index contributed by atoms with van der Waals surface area (Å²) in [5.74, 6) is 0. The first-order valence-corrected chi connectivity index (χ1v) is 7.24. The number of benzene rings is 2. The van der Waals surface area contributed by atoms with E-state index in [2.05, 4.69) is 48.3 Å². The number of halogens is 1. The van der Waals surface area contributed by atoms with Gasteiger partial charge in [-0.25, -0.2) is 0 Å². The number of fused-ring (bicyclic) bond motifs is 1. The van der Waals surface area contributed by atoms with E-state index in [-0.39, 0.29) is 5.38 Å². The molecule has 1 aliphatic rings. The van der Waals surface area contributed by atoms with Gasteiger partial charge in [0.1, 0.15) is 0 Å². The molecule has 0 amide bonds. The molecule has 0 spiro atoms. The molecular weight excluding hydrogens is 268 g/mol. The molecule has 2 nitrogen and oxygen atoms in total. The van der Waals surface area contributed by atoms with E-state index >= 15 is 0 Å². The van der Waals surface area contributed by atoms with Crippen molar-refractivity contribution in [1.82, 2.24) is 0 Å². The molecule has 1 heterocycles. The van der Waals surface area contributed by atoms with E-state index in [1.165, 1.54) is 11.3 Å². The summed E-state index contributed by atoms with van der Waals surface area (Å²) in [6.45, 7) is 1.45. The van der Waals surface area contributed by atoms with E-state index in [0.717, 1.165) is 17.8 Å². The van der Waals surface area contributed by atoms with Crippen molar-refractivity contribution in [3.63, 3.8) is 0 Å². The summed E-state index contributed by atoms with van der Waals surface area (Å²) in [7, 11) is 2.09. The number of anilines is 1. The van der Waals surface area contributed by atoms with Crippen molar-refractivity contribution in [2.24, 2.45) is 4.99 Å². The molecule has 0 saturated heterocycles. The Morgan fingerprint density at radius 3 is 2.55 bits per heavy atom. The van der Waals surface area contributed by atoms with Crippen LogP contribution in [-0.4, -0.2) is 31.2 Å². The first-order chi connectivity index (χ1) is 9.75. The Hall–Kier alpha value is -1.80. The average Bonchev–Trinajstić information content (AvgIpc) is 2.47. The molecule has 0 saturated carbocycles. The minimum absolute atomic E-state index is 0.0343. The number of rotatable bonds is 1. The molecule has 2 aromatic rings. The van der Waals surface area contributed by atoms with Crippen LogP contribution in [0.25, 0.3) is 0 Å². The fraction of sp³-hybridized carbons (Fsp3) is 0.235. The third-order valence-electron chi connectivity index (χ3n) is 3.54. The summed E-state index contributed by atoms with van der Waals surface area (Å²) in [4.78, 5) is 6.98. The highest BCUT2D eigenvalue weighted by atomic mass is 35.5. The first kappa shape index (κ1) is 13.2. The third-order valence-corrected chi connectivity index (χ3v) is 3.81. The van der Waals surface area contributed by atoms with Crippen molar-refractivity contribution >= 4 is 23.0 Å². The third kappa shape index (κ3) is 2.56. The summed E-state index contributed by atoms with van der Waals surface area (Å²) in [5, 5.41) is 0.0343. The molecule has 20 heavy (non-hydrogen) atoms. The van der Waals surface area contributed by atoms with Crippen LogP contribution in [0.4, 0.5) is 5.69 Å². The zero-order chi connectivity index (χ0) is 13.9. The maximum atomic E-state index is 6.36. The topological polar surface area (TPSA) is 15.6 Å². The molecule has 1 aliphatic heterocycles. The van der Waals surface area contributed by atoms with Gasteiger partial charge in [0.2, 0.25) is 0 Å². The fourth-order valence-corrected chi connectivity index (χ4v) is 2.85. The first-order valence-electron chi connectivity index (χ1n) is 6.80. The van der Waals surface area contributed by atoms with Gasteiger partial charge >= 0.3 is 0 Å². The monoisotopic (exact) mass is 284 g/mol. The van der Waals surface area contributed by atoms with Crippen LogP contribution in [0.1, 0.15) is 11.1 Å². The molecule has 2 aromatic carbocycles. The van der Waals surface area contributed by atoms with Crippen molar-refractivity contribution in [2.45, 2.75) is 5.38 Å². The van der Waals surface area contributed by atoms with Crippen LogP contribution in [0.2, 0.25) is 0 Å². The predicted octanol–water partition coefficient (Wildman–Crippen LogP) is 3.58. The maximum absolute atomic E-state index is 6.36. The van der Waals surface area contributed by atoms with Gasteiger partial charge in [-0.2, -0.15) is 0 Å². The van der Waals surface area contributed by atoms with E-state index in [9.17, 15) is 0 Å². The number of para-hydroxylation sites is 1. The minimum atomic E-state index is 0.0343. The van der Waals surface area contributed by atoms with Crippen molar-refractivity contribution in [3.8, 4) is 0 Å². The zero-order valence-electron chi connectivity index (χ0n) is 11.5. The quantitative estimate of drug-likeness (QED) is 0.731. The van der Waals surface area contributed by atoms with Gasteiger partial charge in [0.15, 0.2) is 0 Å². The van der Waals surface area contributed by atoms with Crippen molar-refractivity contribution in [2.75, 3.05) is 25.0 Å². The zero-order valence-corrected chi connectivity index (χ0v) is 12.2. The molecule has 0 aromatic heterocycles. The molecule has 0 N–H and O–H groups in total. The smallest absolute Gasteiger partial charge is 0.0740 e. The van der Waals surface area contributed by atoms with Crippen LogP contribution in [0, 0.1) is 0 Å². The van der Waals surface area contributed by atoms with Gasteiger partial charge in [-0.1, -0.05) is 48.5 Å². The highest BCUT2D eigenvalue weighted by molar-refractivity contribution is 6.22. The molecule has 1 unspecified atom stereocenters. The lowest BCUT2D eigenvalue weighted by Gasteiger charge is -2.27. The van der Waals surface area contributed by atoms with Crippen molar-refractivity contribution in [1.29, 1.82) is 0 Å². The van der Waals surface area contributed by atoms with Crippen LogP contribution in [0.15, 0.2) is 59.6 Å². The fourth-order valence-electron chi connectivity index (χ4n) is 2.58. The Bertz CT molecular complexity index is 622. The summed E-state index contributed by atoms with van der Waals surface area (Å²) < 4.78 is 0. The number of nitrogens with zero attached hydrogens (tertiary/aromatic N) is 2. The van der Waals surface area contributed by atoms with E-state index in [0.29, 0.717) is 6.54 Å². The molecule has 0 bridgehead atoms. The number of alkyl halides is 1. The molecule has 0 radical (unpaired) electrons. The molecule has 0 aliphatic carbocycles. The Morgan fingerprint density at radius 1 is 1.05 bits per heavy atom. The number of hydrogen-bond acceptors (Lipinski definition) is 2. The Balaban J connectivity index is 2.16. The highest BCUT2D eigenvalue weighted by Crippen LogP contribution is 2.25. The minimum Gasteiger partial charge on any atom is -0.372 e. The largest absolute Gasteiger partial charge is 0.372 e. The van der Waals surface area contributed by atoms with Crippen LogP contribution < -0.4 is 4.90 Å². The van der Waals surface area contributed by atoms with Gasteiger partial charge in [-0.05, 0) is 6.07 Å². The second-order valence-corrected chi connectivity index (χ2v) is 5.67. The lowest BCUT2D eigenvalue weighted by Crippen LogP contribution is -2.31. The summed E-state index contributed by atoms with van der Waals surface area (Å²) in [6, 6.07) is 18.7. The molecule has 102 valence electrons. The molecule has 0 fully saturated rings. The van der Waals surface area contributed by atoms with Gasteiger partial charge in [0.05, 0.1) is 17.6 Å². The van der Waals surface area contributed by atoms with Gasteiger partial charge in [-0.3, -0.25) is 4.99 Å². The van der Waals surface area contributed by atoms with Crippen LogP contribution in [0.5, 0.6) is 0 Å². The standard InChI is InChI=1S/C17H17ClN2/c1-20-12-14(18)11-19-17(13-7-3-2-4-8-13)15-9-5-6-10-16(15)20/h2-10,14H,11-12H2,1H3/b19-17-. The molecule has 3 rings (SSSR count). The number of aliphatic imine (C=N–C) groups is 1. The average molecular weight is 285 g/mol. The van der Waals surface area contributed by atoms with Crippen molar-refractivity contribution < 1.29 is 0 Å². The van der Waals surface area contributed by atoms with Crippen molar-refractivity contribution in [3.05, 3.63) is 65.7 Å². The van der Waals surface area contributed by atoms with Gasteiger partial charge in [0, 0.05) is 30.4 Å². The lowest BCUT2D eigenvalue weighted by atomic mass is 9.99. The lowest BCUT2D eigenvalue weighted by molar-refractivity contribution is 0.798. The Kier molecular flexibility index (Phi) is 3.75. The Morgan fingerprint density at radius 2 is 1.75 bits per heavy atom. The summed E-state index contributed by atoms with van der Waals surface area (Å²) >= 11 is 6.36. The van der Waals surface area contributed by atoms with Crippen LogP contribution in [0.3, 0.4) is 0 Å². The van der Waals surface area contributed by atoms with Gasteiger partial charge in [0.25, 0.3) is 0 Å². The molecule has 1 atom stereocenters. The Labute approximate surface area is 124 Å². The second kappa shape index (κ2) is 5.68. The maximum Gasteiger partial charge on any atom is 0.0740 e. The molecular formula is C17H17ClN2. The predicted molar refractivity (Wildman–Crippen MR) is 86.3 cm³/mol. The van der Waals surface area contributed by atoms with E-state index < -0.39 is 0 Å². The number of hydrogen-bond donors (Lipinski definition) is 0. The SMILES string of the molecule is CN1CC(Cl)C/N=C(/c2ccccc2)c2ccccc21. The summed E-state index contributed by atoms with van der Waals surface area (Å²) in [6.07, 6.45) is 0. The van der Waals surface area contributed by atoms with Crippen LogP contribution >= 0.6 is 11.6 Å². The second-order valence-electron chi connectivity index (χ2n) is 5.05. The van der Waals surface area contributed by atoms with E-state index in [1.54, 1.807) is 0 Å². The van der Waals surface area contributed by atoms with E-state index in [1.807, 2.05) is 18.2 Å². The van der Waals surface area contributed by atoms with Crippen LogP contribution in [-0.2, 0) is 0 Å². The normalized spacial score (nSPS) is 21.4. The summed E-state index contributed by atoms with van der Waals surface area (Å²) in [5.41, 5.74) is 4.52.